The van der Waals surface area contributed by atoms with Crippen molar-refractivity contribution in [2.24, 2.45) is 0 Å². The van der Waals surface area contributed by atoms with Crippen molar-refractivity contribution in [2.45, 2.75) is 12.6 Å². The highest BCUT2D eigenvalue weighted by Crippen LogP contribution is 2.35. The molecule has 0 aliphatic carbocycles. The molecule has 1 amide bonds. The van der Waals surface area contributed by atoms with Crippen molar-refractivity contribution in [3.63, 3.8) is 0 Å². The number of rotatable bonds is 0. The third-order valence-corrected chi connectivity index (χ3v) is 3.17. The number of hydrogen-bond donors (Lipinski definition) is 1. The van der Waals surface area contributed by atoms with Crippen LogP contribution in [-0.4, -0.2) is 10.8 Å². The van der Waals surface area contributed by atoms with Crippen molar-refractivity contribution in [2.75, 3.05) is 0 Å². The van der Waals surface area contributed by atoms with E-state index >= 15 is 0 Å². The minimum absolute atomic E-state index is 0.0520. The highest BCUT2D eigenvalue weighted by atomic mass is 16.1. The van der Waals surface area contributed by atoms with Gasteiger partial charge in [0.25, 0.3) is 0 Å². The molecule has 2 heterocycles. The van der Waals surface area contributed by atoms with Crippen LogP contribution in [0.3, 0.4) is 0 Å². The molecule has 1 N–H and O–H groups in total. The Balaban J connectivity index is 2.21. The molecule has 0 radical (unpaired) electrons. The van der Waals surface area contributed by atoms with E-state index in [0.29, 0.717) is 0 Å². The van der Waals surface area contributed by atoms with E-state index in [1.807, 2.05) is 42.4 Å². The van der Waals surface area contributed by atoms with Crippen molar-refractivity contribution >= 4 is 12.0 Å². The quantitative estimate of drug-likeness (QED) is 0.711. The zero-order valence-electron chi connectivity index (χ0n) is 8.97. The molecule has 3 heteroatoms. The van der Waals surface area contributed by atoms with E-state index in [9.17, 15) is 4.79 Å². The highest BCUT2D eigenvalue weighted by Gasteiger charge is 2.37. The van der Waals surface area contributed by atoms with Gasteiger partial charge in [0.2, 0.25) is 5.91 Å². The Morgan fingerprint density at radius 2 is 1.94 bits per heavy atom. The van der Waals surface area contributed by atoms with Gasteiger partial charge in [-0.25, -0.2) is 0 Å². The molecule has 0 fully saturated rings. The first-order chi connectivity index (χ1) is 7.70. The Labute approximate surface area is 94.1 Å². The van der Waals surface area contributed by atoms with E-state index in [0.717, 1.165) is 11.1 Å². The Morgan fingerprint density at radius 1 is 1.19 bits per heavy atom. The van der Waals surface area contributed by atoms with E-state index < -0.39 is 5.66 Å². The predicted molar refractivity (Wildman–Crippen MR) is 61.9 cm³/mol. The number of hydrogen-bond acceptors (Lipinski definition) is 2. The lowest BCUT2D eigenvalue weighted by Gasteiger charge is -2.44. The molecule has 3 rings (SSSR count). The summed E-state index contributed by atoms with van der Waals surface area (Å²) >= 11 is 0. The van der Waals surface area contributed by atoms with Crippen molar-refractivity contribution < 1.29 is 4.79 Å². The lowest BCUT2D eigenvalue weighted by atomic mass is 9.90. The van der Waals surface area contributed by atoms with Gasteiger partial charge in [-0.1, -0.05) is 24.3 Å². The smallest absolute Gasteiger partial charge is 0.247 e. The lowest BCUT2D eigenvalue weighted by molar-refractivity contribution is -0.121. The van der Waals surface area contributed by atoms with Crippen LogP contribution in [0.1, 0.15) is 18.1 Å². The molecule has 1 aromatic carbocycles. The molecule has 1 aromatic rings. The first-order valence-corrected chi connectivity index (χ1v) is 5.27. The Hall–Kier alpha value is -2.03. The molecule has 3 nitrogen and oxygen atoms in total. The number of carbonyl (C=O) groups excluding carboxylic acids is 1. The monoisotopic (exact) mass is 212 g/mol. The zero-order valence-corrected chi connectivity index (χ0v) is 8.97. The van der Waals surface area contributed by atoms with E-state index in [2.05, 4.69) is 17.5 Å². The third-order valence-electron chi connectivity index (χ3n) is 3.17. The Kier molecular flexibility index (Phi) is 1.72. The van der Waals surface area contributed by atoms with Gasteiger partial charge in [0.05, 0.1) is 0 Å². The van der Waals surface area contributed by atoms with Gasteiger partial charge in [-0.05, 0) is 18.6 Å². The Morgan fingerprint density at radius 3 is 2.81 bits per heavy atom. The van der Waals surface area contributed by atoms with Gasteiger partial charge < -0.3 is 10.2 Å². The maximum absolute atomic E-state index is 11.5. The maximum Gasteiger partial charge on any atom is 0.247 e. The van der Waals surface area contributed by atoms with E-state index in [1.165, 1.54) is 0 Å². The minimum Gasteiger partial charge on any atom is -0.327 e. The topological polar surface area (TPSA) is 32.3 Å². The number of nitrogens with zero attached hydrogens (tertiary/aromatic N) is 1. The summed E-state index contributed by atoms with van der Waals surface area (Å²) in [6, 6.07) is 8.10. The largest absolute Gasteiger partial charge is 0.327 e. The molecule has 2 aliphatic heterocycles. The number of benzene rings is 1. The maximum atomic E-state index is 11.5. The number of carbonyl (C=O) groups is 1. The fourth-order valence-electron chi connectivity index (χ4n) is 2.29. The summed E-state index contributed by atoms with van der Waals surface area (Å²) in [7, 11) is 0. The first-order valence-electron chi connectivity index (χ1n) is 5.27. The highest BCUT2D eigenvalue weighted by molar-refractivity contribution is 5.89. The third kappa shape index (κ3) is 1.11. The van der Waals surface area contributed by atoms with Crippen LogP contribution in [0.25, 0.3) is 6.08 Å². The van der Waals surface area contributed by atoms with Crippen molar-refractivity contribution in [1.82, 2.24) is 10.2 Å². The van der Waals surface area contributed by atoms with Crippen LogP contribution in [0, 0.1) is 0 Å². The van der Waals surface area contributed by atoms with Crippen LogP contribution >= 0.6 is 0 Å². The summed E-state index contributed by atoms with van der Waals surface area (Å²) < 4.78 is 0. The van der Waals surface area contributed by atoms with Crippen LogP contribution in [0.5, 0.6) is 0 Å². The average molecular weight is 212 g/mol. The van der Waals surface area contributed by atoms with Gasteiger partial charge in [-0.15, -0.1) is 0 Å². The lowest BCUT2D eigenvalue weighted by Crippen LogP contribution is -2.55. The van der Waals surface area contributed by atoms with Crippen molar-refractivity contribution in [1.29, 1.82) is 0 Å². The summed E-state index contributed by atoms with van der Waals surface area (Å²) in [4.78, 5) is 13.5. The molecule has 1 unspecified atom stereocenters. The first kappa shape index (κ1) is 9.21. The van der Waals surface area contributed by atoms with Gasteiger partial charge in [-0.3, -0.25) is 4.79 Å². The molecule has 0 bridgehead atoms. The standard InChI is InChI=1S/C13H12N2O/c1-13-11-5-3-2-4-10(11)6-8-15(13)9-7-12(16)14-13/h2-9H,1H3,(H,14,16). The second-order valence-corrected chi connectivity index (χ2v) is 4.19. The molecule has 0 saturated carbocycles. The zero-order chi connectivity index (χ0) is 11.2. The van der Waals surface area contributed by atoms with Gasteiger partial charge in [0.1, 0.15) is 5.66 Å². The van der Waals surface area contributed by atoms with Crippen LogP contribution in [0.2, 0.25) is 0 Å². The summed E-state index contributed by atoms with van der Waals surface area (Å²) in [5.74, 6) is -0.0520. The predicted octanol–water partition coefficient (Wildman–Crippen LogP) is 1.79. The molecule has 1 atom stereocenters. The van der Waals surface area contributed by atoms with Crippen LogP contribution < -0.4 is 5.32 Å². The van der Waals surface area contributed by atoms with E-state index in [1.54, 1.807) is 6.08 Å². The summed E-state index contributed by atoms with van der Waals surface area (Å²) in [5, 5.41) is 3.00. The fourth-order valence-corrected chi connectivity index (χ4v) is 2.29. The molecular formula is C13H12N2O. The normalized spacial score (nSPS) is 26.1. The summed E-state index contributed by atoms with van der Waals surface area (Å²) in [6.07, 6.45) is 7.39. The number of nitrogens with one attached hydrogen (secondary N) is 1. The van der Waals surface area contributed by atoms with Crippen molar-refractivity contribution in [3.05, 3.63) is 53.9 Å². The SMILES string of the molecule is CC12NC(=O)C=CN1C=Cc1ccccc12. The molecular weight excluding hydrogens is 200 g/mol. The van der Waals surface area contributed by atoms with Gasteiger partial charge >= 0.3 is 0 Å². The van der Waals surface area contributed by atoms with E-state index in [4.69, 9.17) is 0 Å². The Bertz CT molecular complexity index is 518. The van der Waals surface area contributed by atoms with E-state index in [-0.39, 0.29) is 5.91 Å². The summed E-state index contributed by atoms with van der Waals surface area (Å²) in [6.45, 7) is 2.01. The van der Waals surface area contributed by atoms with Crippen molar-refractivity contribution in [3.8, 4) is 0 Å². The van der Waals surface area contributed by atoms with Crippen LogP contribution in [-0.2, 0) is 10.5 Å². The van der Waals surface area contributed by atoms with Crippen LogP contribution in [0.15, 0.2) is 42.7 Å². The molecule has 2 aliphatic rings. The number of amides is 1. The molecule has 0 aromatic heterocycles. The number of fused-ring (bicyclic) bond motifs is 3. The van der Waals surface area contributed by atoms with Crippen LogP contribution in [0.4, 0.5) is 0 Å². The second kappa shape index (κ2) is 2.98. The summed E-state index contributed by atoms with van der Waals surface area (Å²) in [5.41, 5.74) is 1.81. The molecule has 0 spiro atoms. The van der Waals surface area contributed by atoms with Gasteiger partial charge in [-0.2, -0.15) is 0 Å². The fraction of sp³-hybridized carbons (Fsp3) is 0.154. The molecule has 0 saturated heterocycles. The van der Waals surface area contributed by atoms with Gasteiger partial charge in [0, 0.05) is 24.0 Å². The molecule has 80 valence electrons. The van der Waals surface area contributed by atoms with Gasteiger partial charge in [0.15, 0.2) is 0 Å². The second-order valence-electron chi connectivity index (χ2n) is 4.19. The average Bonchev–Trinajstić information content (AvgIpc) is 2.28. The molecule has 16 heavy (non-hydrogen) atoms. The minimum atomic E-state index is -0.461.